The first-order valence-corrected chi connectivity index (χ1v) is 8.45. The highest BCUT2D eigenvalue weighted by Gasteiger charge is 2.22. The lowest BCUT2D eigenvalue weighted by atomic mass is 10.3. The molecule has 0 atom stereocenters. The van der Waals surface area contributed by atoms with Crippen LogP contribution in [0.4, 0.5) is 0 Å². The van der Waals surface area contributed by atoms with E-state index in [9.17, 15) is 13.2 Å². The summed E-state index contributed by atoms with van der Waals surface area (Å²) in [5.41, 5.74) is 0.567. The third-order valence-corrected chi connectivity index (χ3v) is 4.86. The Bertz CT molecular complexity index is 768. The van der Waals surface area contributed by atoms with Gasteiger partial charge in [-0.2, -0.15) is 0 Å². The molecule has 0 saturated heterocycles. The summed E-state index contributed by atoms with van der Waals surface area (Å²) in [6.07, 6.45) is 0. The molecule has 0 spiro atoms. The highest BCUT2D eigenvalue weighted by atomic mass is 35.5. The zero-order valence-corrected chi connectivity index (χ0v) is 13.7. The predicted octanol–water partition coefficient (Wildman–Crippen LogP) is 2.07. The molecule has 0 aliphatic carbocycles. The molecule has 1 amide bonds. The molecule has 0 aliphatic rings. The van der Waals surface area contributed by atoms with E-state index in [1.54, 1.807) is 13.0 Å². The molecule has 0 bridgehead atoms. The fourth-order valence-corrected chi connectivity index (χ4v) is 3.21. The third-order valence-electron chi connectivity index (χ3n) is 2.99. The van der Waals surface area contributed by atoms with Crippen LogP contribution in [-0.2, 0) is 21.2 Å². The normalized spacial score (nSPS) is 11.4. The van der Waals surface area contributed by atoms with Crippen molar-refractivity contribution in [2.45, 2.75) is 18.4 Å². The van der Waals surface area contributed by atoms with Gasteiger partial charge in [-0.3, -0.25) is 4.79 Å². The number of carbonyl (C=O) groups is 1. The molecule has 0 saturated carbocycles. The quantitative estimate of drug-likeness (QED) is 0.831. The minimum Gasteiger partial charge on any atom is -0.361 e. The molecule has 0 aliphatic heterocycles. The van der Waals surface area contributed by atoms with Gasteiger partial charge in [0.05, 0.1) is 11.4 Å². The van der Waals surface area contributed by atoms with Crippen LogP contribution in [-0.4, -0.2) is 37.2 Å². The molecular weight excluding hydrogens is 328 g/mol. The van der Waals surface area contributed by atoms with Crippen LogP contribution in [0.3, 0.4) is 0 Å². The van der Waals surface area contributed by atoms with Crippen molar-refractivity contribution >= 4 is 27.3 Å². The Morgan fingerprint density at radius 3 is 2.50 bits per heavy atom. The van der Waals surface area contributed by atoms with Crippen LogP contribution in [0.5, 0.6) is 0 Å². The number of benzene rings is 1. The van der Waals surface area contributed by atoms with E-state index >= 15 is 0 Å². The van der Waals surface area contributed by atoms with Gasteiger partial charge >= 0.3 is 0 Å². The second-order valence-corrected chi connectivity index (χ2v) is 7.32. The highest BCUT2D eigenvalue weighted by molar-refractivity contribution is 7.92. The standard InChI is InChI=1S/C14H15ClN2O4S/c1-10-7-12(16-21-10)8-17(2)14(18)9-22(19,20)13-5-3-11(15)4-6-13/h3-7H,8-9H2,1-2H3. The smallest absolute Gasteiger partial charge is 0.238 e. The first-order valence-electron chi connectivity index (χ1n) is 6.42. The lowest BCUT2D eigenvalue weighted by Gasteiger charge is -2.15. The maximum atomic E-state index is 12.2. The average molecular weight is 343 g/mol. The van der Waals surface area contributed by atoms with Crippen LogP contribution in [0, 0.1) is 6.92 Å². The van der Waals surface area contributed by atoms with Gasteiger partial charge in [-0.1, -0.05) is 16.8 Å². The first kappa shape index (κ1) is 16.5. The summed E-state index contributed by atoms with van der Waals surface area (Å²) in [5.74, 6) is -0.498. The summed E-state index contributed by atoms with van der Waals surface area (Å²) in [4.78, 5) is 13.4. The van der Waals surface area contributed by atoms with Gasteiger partial charge in [0.25, 0.3) is 0 Å². The molecule has 118 valence electrons. The van der Waals surface area contributed by atoms with Crippen LogP contribution >= 0.6 is 11.6 Å². The van der Waals surface area contributed by atoms with Gasteiger partial charge in [0.1, 0.15) is 17.2 Å². The number of sulfone groups is 1. The monoisotopic (exact) mass is 342 g/mol. The van der Waals surface area contributed by atoms with Crippen LogP contribution in [0.1, 0.15) is 11.5 Å². The molecular formula is C14H15ClN2O4S. The molecule has 0 unspecified atom stereocenters. The molecule has 1 heterocycles. The van der Waals surface area contributed by atoms with E-state index in [1.165, 1.54) is 36.2 Å². The number of rotatable bonds is 5. The molecule has 2 aromatic rings. The Morgan fingerprint density at radius 2 is 1.95 bits per heavy atom. The van der Waals surface area contributed by atoms with Gasteiger partial charge in [0.2, 0.25) is 5.91 Å². The second kappa shape index (κ2) is 6.50. The van der Waals surface area contributed by atoms with E-state index in [0.29, 0.717) is 16.5 Å². The van der Waals surface area contributed by atoms with E-state index in [1.807, 2.05) is 0 Å². The molecule has 6 nitrogen and oxygen atoms in total. The maximum Gasteiger partial charge on any atom is 0.238 e. The number of nitrogens with zero attached hydrogens (tertiary/aromatic N) is 2. The van der Waals surface area contributed by atoms with Crippen molar-refractivity contribution in [3.63, 3.8) is 0 Å². The summed E-state index contributed by atoms with van der Waals surface area (Å²) in [6, 6.07) is 7.40. The lowest BCUT2D eigenvalue weighted by Crippen LogP contribution is -2.32. The molecule has 1 aromatic heterocycles. The lowest BCUT2D eigenvalue weighted by molar-refractivity contribution is -0.127. The number of hydrogen-bond acceptors (Lipinski definition) is 5. The van der Waals surface area contributed by atoms with E-state index in [4.69, 9.17) is 16.1 Å². The topological polar surface area (TPSA) is 80.5 Å². The van der Waals surface area contributed by atoms with Crippen LogP contribution < -0.4 is 0 Å². The minimum absolute atomic E-state index is 0.0657. The third kappa shape index (κ3) is 4.08. The second-order valence-electron chi connectivity index (χ2n) is 4.89. The number of amides is 1. The van der Waals surface area contributed by atoms with Crippen molar-refractivity contribution in [2.75, 3.05) is 12.8 Å². The Hall–Kier alpha value is -1.86. The summed E-state index contributed by atoms with van der Waals surface area (Å²) < 4.78 is 29.3. The van der Waals surface area contributed by atoms with Crippen molar-refractivity contribution in [3.8, 4) is 0 Å². The van der Waals surface area contributed by atoms with Crippen molar-refractivity contribution in [2.24, 2.45) is 0 Å². The highest BCUT2D eigenvalue weighted by Crippen LogP contribution is 2.16. The summed E-state index contributed by atoms with van der Waals surface area (Å²) >= 11 is 5.72. The Balaban J connectivity index is 2.05. The zero-order chi connectivity index (χ0) is 16.3. The van der Waals surface area contributed by atoms with E-state index < -0.39 is 21.5 Å². The van der Waals surface area contributed by atoms with Crippen molar-refractivity contribution < 1.29 is 17.7 Å². The molecule has 22 heavy (non-hydrogen) atoms. The van der Waals surface area contributed by atoms with Crippen molar-refractivity contribution in [1.82, 2.24) is 10.1 Å². The average Bonchev–Trinajstić information content (AvgIpc) is 2.84. The fourth-order valence-electron chi connectivity index (χ4n) is 1.82. The largest absolute Gasteiger partial charge is 0.361 e. The molecule has 2 rings (SSSR count). The molecule has 1 aromatic carbocycles. The van der Waals surface area contributed by atoms with Gasteiger partial charge in [0, 0.05) is 18.1 Å². The van der Waals surface area contributed by atoms with Gasteiger partial charge < -0.3 is 9.42 Å². The van der Waals surface area contributed by atoms with E-state index in [2.05, 4.69) is 5.16 Å². The van der Waals surface area contributed by atoms with Gasteiger partial charge in [-0.25, -0.2) is 8.42 Å². The van der Waals surface area contributed by atoms with Crippen molar-refractivity contribution in [1.29, 1.82) is 0 Å². The van der Waals surface area contributed by atoms with Crippen LogP contribution in [0.2, 0.25) is 5.02 Å². The minimum atomic E-state index is -3.70. The van der Waals surface area contributed by atoms with E-state index in [0.717, 1.165) is 0 Å². The number of aryl methyl sites for hydroxylation is 1. The zero-order valence-electron chi connectivity index (χ0n) is 12.1. The van der Waals surface area contributed by atoms with Gasteiger partial charge in [-0.15, -0.1) is 0 Å². The molecule has 0 N–H and O–H groups in total. The maximum absolute atomic E-state index is 12.2. The first-order chi connectivity index (χ1) is 10.3. The van der Waals surface area contributed by atoms with Crippen LogP contribution in [0.25, 0.3) is 0 Å². The number of aromatic nitrogens is 1. The van der Waals surface area contributed by atoms with Crippen LogP contribution in [0.15, 0.2) is 39.8 Å². The molecule has 8 heteroatoms. The number of halogens is 1. The van der Waals surface area contributed by atoms with Crippen molar-refractivity contribution in [3.05, 3.63) is 46.8 Å². The summed E-state index contributed by atoms with van der Waals surface area (Å²) in [5, 5.41) is 4.20. The SMILES string of the molecule is Cc1cc(CN(C)C(=O)CS(=O)(=O)c2ccc(Cl)cc2)no1. The molecule has 0 radical (unpaired) electrons. The fraction of sp³-hybridized carbons (Fsp3) is 0.286. The van der Waals surface area contributed by atoms with Gasteiger partial charge in [-0.05, 0) is 31.2 Å². The number of hydrogen-bond donors (Lipinski definition) is 0. The Morgan fingerprint density at radius 1 is 1.32 bits per heavy atom. The van der Waals surface area contributed by atoms with Gasteiger partial charge in [0.15, 0.2) is 9.84 Å². The summed E-state index contributed by atoms with van der Waals surface area (Å²) in [6.45, 7) is 1.93. The predicted molar refractivity (Wildman–Crippen MR) is 81.2 cm³/mol. The Labute approximate surface area is 133 Å². The molecule has 0 fully saturated rings. The van der Waals surface area contributed by atoms with E-state index in [-0.39, 0.29) is 11.4 Å². The Kier molecular flexibility index (Phi) is 4.87. The summed E-state index contributed by atoms with van der Waals surface area (Å²) in [7, 11) is -2.18. The number of carbonyl (C=O) groups excluding carboxylic acids is 1.